The van der Waals surface area contributed by atoms with Gasteiger partial charge in [0.1, 0.15) is 11.5 Å². The first kappa shape index (κ1) is 16.3. The first-order valence-corrected chi connectivity index (χ1v) is 8.02. The Morgan fingerprint density at radius 2 is 1.76 bits per heavy atom. The molecule has 112 valence electrons. The predicted molar refractivity (Wildman–Crippen MR) is 92.5 cm³/mol. The molecule has 2 nitrogen and oxygen atoms in total. The SMILES string of the molecule is Cc1cc(Oc2ccc(CC(C)N)c(Cl)c2)cc(C)c1Br. The minimum atomic E-state index is 0.0889. The van der Waals surface area contributed by atoms with Crippen LogP contribution in [0.25, 0.3) is 0 Å². The van der Waals surface area contributed by atoms with Crippen molar-refractivity contribution < 1.29 is 4.74 Å². The Labute approximate surface area is 139 Å². The van der Waals surface area contributed by atoms with Gasteiger partial charge in [-0.1, -0.05) is 33.6 Å². The van der Waals surface area contributed by atoms with Gasteiger partial charge in [0, 0.05) is 15.5 Å². The summed E-state index contributed by atoms with van der Waals surface area (Å²) in [4.78, 5) is 0. The highest BCUT2D eigenvalue weighted by atomic mass is 79.9. The van der Waals surface area contributed by atoms with E-state index in [9.17, 15) is 0 Å². The van der Waals surface area contributed by atoms with Gasteiger partial charge in [-0.3, -0.25) is 0 Å². The highest BCUT2D eigenvalue weighted by Gasteiger charge is 2.08. The second kappa shape index (κ2) is 6.82. The molecule has 4 heteroatoms. The molecular formula is C17H19BrClNO. The van der Waals surface area contributed by atoms with Gasteiger partial charge in [0.15, 0.2) is 0 Å². The maximum absolute atomic E-state index is 6.28. The number of nitrogens with two attached hydrogens (primary N) is 1. The molecule has 0 amide bonds. The zero-order chi connectivity index (χ0) is 15.6. The number of benzene rings is 2. The second-order valence-electron chi connectivity index (χ2n) is 5.41. The van der Waals surface area contributed by atoms with E-state index in [4.69, 9.17) is 22.1 Å². The lowest BCUT2D eigenvalue weighted by atomic mass is 10.1. The van der Waals surface area contributed by atoms with Crippen molar-refractivity contribution in [2.45, 2.75) is 33.2 Å². The molecule has 1 unspecified atom stereocenters. The maximum atomic E-state index is 6.28. The monoisotopic (exact) mass is 367 g/mol. The Bertz CT molecular complexity index is 632. The van der Waals surface area contributed by atoms with E-state index in [0.29, 0.717) is 5.02 Å². The van der Waals surface area contributed by atoms with E-state index >= 15 is 0 Å². The van der Waals surface area contributed by atoms with Gasteiger partial charge in [-0.25, -0.2) is 0 Å². The molecule has 2 aromatic rings. The van der Waals surface area contributed by atoms with Gasteiger partial charge in [-0.15, -0.1) is 0 Å². The van der Waals surface area contributed by atoms with Crippen LogP contribution in [0, 0.1) is 13.8 Å². The predicted octanol–water partition coefficient (Wildman–Crippen LogP) is 5.40. The molecule has 0 aromatic heterocycles. The smallest absolute Gasteiger partial charge is 0.128 e. The molecule has 2 aromatic carbocycles. The number of halogens is 2. The lowest BCUT2D eigenvalue weighted by Gasteiger charge is -2.12. The average Bonchev–Trinajstić information content (AvgIpc) is 2.39. The van der Waals surface area contributed by atoms with Gasteiger partial charge in [-0.05, 0) is 68.1 Å². The highest BCUT2D eigenvalue weighted by molar-refractivity contribution is 9.10. The van der Waals surface area contributed by atoms with Crippen molar-refractivity contribution in [1.82, 2.24) is 0 Å². The number of hydrogen-bond donors (Lipinski definition) is 1. The summed E-state index contributed by atoms with van der Waals surface area (Å²) < 4.78 is 7.01. The van der Waals surface area contributed by atoms with Crippen LogP contribution in [-0.2, 0) is 6.42 Å². The van der Waals surface area contributed by atoms with Crippen molar-refractivity contribution in [2.24, 2.45) is 5.73 Å². The van der Waals surface area contributed by atoms with Crippen molar-refractivity contribution in [1.29, 1.82) is 0 Å². The Balaban J connectivity index is 2.22. The molecule has 0 aliphatic heterocycles. The fourth-order valence-corrected chi connectivity index (χ4v) is 2.68. The zero-order valence-electron chi connectivity index (χ0n) is 12.4. The van der Waals surface area contributed by atoms with Crippen molar-refractivity contribution in [3.8, 4) is 11.5 Å². The van der Waals surface area contributed by atoms with Crippen LogP contribution in [0.4, 0.5) is 0 Å². The summed E-state index contributed by atoms with van der Waals surface area (Å²) in [5.74, 6) is 1.54. The quantitative estimate of drug-likeness (QED) is 0.784. The van der Waals surface area contributed by atoms with Gasteiger partial charge in [0.25, 0.3) is 0 Å². The average molecular weight is 369 g/mol. The zero-order valence-corrected chi connectivity index (χ0v) is 14.8. The van der Waals surface area contributed by atoms with Gasteiger partial charge in [0.2, 0.25) is 0 Å². The van der Waals surface area contributed by atoms with Crippen LogP contribution < -0.4 is 10.5 Å². The molecule has 0 spiro atoms. The van der Waals surface area contributed by atoms with Crippen LogP contribution in [0.1, 0.15) is 23.6 Å². The molecule has 1 atom stereocenters. The molecule has 0 aliphatic rings. The molecule has 0 bridgehead atoms. The summed E-state index contributed by atoms with van der Waals surface area (Å²) in [7, 11) is 0. The molecule has 21 heavy (non-hydrogen) atoms. The highest BCUT2D eigenvalue weighted by Crippen LogP contribution is 2.31. The summed E-state index contributed by atoms with van der Waals surface area (Å²) in [6.07, 6.45) is 0.760. The molecule has 0 aliphatic carbocycles. The third kappa shape index (κ3) is 4.22. The molecular weight excluding hydrogens is 350 g/mol. The number of aryl methyl sites for hydroxylation is 2. The molecule has 0 saturated heterocycles. The topological polar surface area (TPSA) is 35.2 Å². The lowest BCUT2D eigenvalue weighted by Crippen LogP contribution is -2.17. The van der Waals surface area contributed by atoms with Crippen LogP contribution >= 0.6 is 27.5 Å². The summed E-state index contributed by atoms with van der Waals surface area (Å²) in [6.45, 7) is 6.05. The number of ether oxygens (including phenoxy) is 1. The van der Waals surface area contributed by atoms with Gasteiger partial charge >= 0.3 is 0 Å². The molecule has 0 heterocycles. The van der Waals surface area contributed by atoms with Crippen molar-refractivity contribution in [2.75, 3.05) is 0 Å². The standard InChI is InChI=1S/C17H19BrClNO/c1-10-6-15(7-11(2)17(10)18)21-14-5-4-13(8-12(3)20)16(19)9-14/h4-7,9,12H,8,20H2,1-3H3. The fourth-order valence-electron chi connectivity index (χ4n) is 2.21. The summed E-state index contributed by atoms with van der Waals surface area (Å²) in [6, 6.07) is 9.83. The fraction of sp³-hybridized carbons (Fsp3) is 0.294. The summed E-state index contributed by atoms with van der Waals surface area (Å²) >= 11 is 9.84. The minimum absolute atomic E-state index is 0.0889. The first-order chi connectivity index (χ1) is 9.86. The van der Waals surface area contributed by atoms with E-state index in [2.05, 4.69) is 15.9 Å². The lowest BCUT2D eigenvalue weighted by molar-refractivity contribution is 0.481. The Morgan fingerprint density at radius 1 is 1.14 bits per heavy atom. The largest absolute Gasteiger partial charge is 0.457 e. The Kier molecular flexibility index (Phi) is 5.31. The van der Waals surface area contributed by atoms with E-state index in [-0.39, 0.29) is 6.04 Å². The van der Waals surface area contributed by atoms with Crippen LogP contribution in [0.3, 0.4) is 0 Å². The molecule has 0 saturated carbocycles. The van der Waals surface area contributed by atoms with E-state index < -0.39 is 0 Å². The molecule has 0 radical (unpaired) electrons. The van der Waals surface area contributed by atoms with Crippen LogP contribution in [0.5, 0.6) is 11.5 Å². The third-order valence-electron chi connectivity index (χ3n) is 3.21. The summed E-state index contributed by atoms with van der Waals surface area (Å²) in [5, 5.41) is 0.690. The van der Waals surface area contributed by atoms with Crippen LogP contribution in [-0.4, -0.2) is 6.04 Å². The number of rotatable bonds is 4. The Morgan fingerprint density at radius 3 is 2.29 bits per heavy atom. The van der Waals surface area contributed by atoms with E-state index in [1.54, 1.807) is 0 Å². The summed E-state index contributed by atoms with van der Waals surface area (Å²) in [5.41, 5.74) is 9.14. The van der Waals surface area contributed by atoms with Gasteiger partial charge in [0.05, 0.1) is 0 Å². The second-order valence-corrected chi connectivity index (χ2v) is 6.61. The molecule has 0 fully saturated rings. The van der Waals surface area contributed by atoms with Crippen molar-refractivity contribution in [3.63, 3.8) is 0 Å². The maximum Gasteiger partial charge on any atom is 0.128 e. The normalized spacial score (nSPS) is 12.3. The molecule has 2 rings (SSSR count). The number of hydrogen-bond acceptors (Lipinski definition) is 2. The minimum Gasteiger partial charge on any atom is -0.457 e. The first-order valence-electron chi connectivity index (χ1n) is 6.85. The van der Waals surface area contributed by atoms with E-state index in [0.717, 1.165) is 39.1 Å². The van der Waals surface area contributed by atoms with Crippen LogP contribution in [0.2, 0.25) is 5.02 Å². The Hall–Kier alpha value is -1.03. The van der Waals surface area contributed by atoms with Crippen LogP contribution in [0.15, 0.2) is 34.8 Å². The van der Waals surface area contributed by atoms with Gasteiger partial charge < -0.3 is 10.5 Å². The van der Waals surface area contributed by atoms with Crippen molar-refractivity contribution >= 4 is 27.5 Å². The van der Waals surface area contributed by atoms with E-state index in [1.165, 1.54) is 0 Å². The van der Waals surface area contributed by atoms with E-state index in [1.807, 2.05) is 51.1 Å². The van der Waals surface area contributed by atoms with Crippen molar-refractivity contribution in [3.05, 3.63) is 56.5 Å². The third-order valence-corrected chi connectivity index (χ3v) is 4.81. The van der Waals surface area contributed by atoms with Gasteiger partial charge in [-0.2, -0.15) is 0 Å². The molecule has 2 N–H and O–H groups in total.